The first kappa shape index (κ1) is 13.9. The fraction of sp³-hybridized carbons (Fsp3) is 0.615. The maximum Gasteiger partial charge on any atom is 0.0889 e. The molecule has 0 aliphatic carbocycles. The monoisotopic (exact) mass is 238 g/mol. The molecule has 0 aromatic carbocycles. The average Bonchev–Trinajstić information content (AvgIpc) is 2.37. The van der Waals surface area contributed by atoms with Gasteiger partial charge in [-0.1, -0.05) is 6.92 Å². The first-order chi connectivity index (χ1) is 8.36. The summed E-state index contributed by atoms with van der Waals surface area (Å²) in [6, 6.07) is 4.00. The molecule has 0 amide bonds. The Morgan fingerprint density at radius 1 is 1.24 bits per heavy atom. The molecule has 4 nitrogen and oxygen atoms in total. The molecule has 0 bridgehead atoms. The molecule has 1 aromatic rings. The van der Waals surface area contributed by atoms with Crippen molar-refractivity contribution < 1.29 is 9.47 Å². The van der Waals surface area contributed by atoms with Gasteiger partial charge in [0, 0.05) is 25.0 Å². The van der Waals surface area contributed by atoms with Crippen molar-refractivity contribution in [3.05, 3.63) is 24.0 Å². The van der Waals surface area contributed by atoms with E-state index >= 15 is 0 Å². The molecule has 1 heterocycles. The SMILES string of the molecule is CCCNc1ccnc(COCCOCC)c1. The van der Waals surface area contributed by atoms with Crippen molar-refractivity contribution in [2.24, 2.45) is 0 Å². The zero-order valence-corrected chi connectivity index (χ0v) is 10.7. The van der Waals surface area contributed by atoms with E-state index in [1.165, 1.54) is 0 Å². The van der Waals surface area contributed by atoms with Gasteiger partial charge in [-0.2, -0.15) is 0 Å². The van der Waals surface area contributed by atoms with Crippen LogP contribution < -0.4 is 5.32 Å². The molecule has 0 aliphatic heterocycles. The standard InChI is InChI=1S/C13H22N2O2/c1-3-6-14-12-5-7-15-13(10-12)11-17-9-8-16-4-2/h5,7,10H,3-4,6,8-9,11H2,1-2H3,(H,14,15). The van der Waals surface area contributed by atoms with Gasteiger partial charge in [0.05, 0.1) is 25.5 Å². The third-order valence-electron chi connectivity index (χ3n) is 2.22. The average molecular weight is 238 g/mol. The second-order valence-electron chi connectivity index (χ2n) is 3.71. The van der Waals surface area contributed by atoms with Crippen molar-refractivity contribution >= 4 is 5.69 Å². The minimum absolute atomic E-state index is 0.536. The molecule has 0 unspecified atom stereocenters. The fourth-order valence-electron chi connectivity index (χ4n) is 1.38. The Morgan fingerprint density at radius 3 is 2.82 bits per heavy atom. The van der Waals surface area contributed by atoms with E-state index in [-0.39, 0.29) is 0 Å². The molecule has 0 radical (unpaired) electrons. The first-order valence-electron chi connectivity index (χ1n) is 6.21. The van der Waals surface area contributed by atoms with Gasteiger partial charge in [-0.05, 0) is 25.5 Å². The van der Waals surface area contributed by atoms with E-state index in [9.17, 15) is 0 Å². The molecular formula is C13H22N2O2. The summed E-state index contributed by atoms with van der Waals surface area (Å²) in [5, 5.41) is 3.33. The van der Waals surface area contributed by atoms with Crippen LogP contribution in [0, 0.1) is 0 Å². The lowest BCUT2D eigenvalue weighted by atomic mass is 10.3. The van der Waals surface area contributed by atoms with Gasteiger partial charge in [0.1, 0.15) is 0 Å². The minimum Gasteiger partial charge on any atom is -0.385 e. The predicted octanol–water partition coefficient (Wildman–Crippen LogP) is 2.46. The molecule has 1 aromatic heterocycles. The summed E-state index contributed by atoms with van der Waals surface area (Å²) < 4.78 is 10.7. The van der Waals surface area contributed by atoms with Crippen LogP contribution in [0.15, 0.2) is 18.3 Å². The van der Waals surface area contributed by atoms with Crippen molar-refractivity contribution in [2.45, 2.75) is 26.9 Å². The third-order valence-corrected chi connectivity index (χ3v) is 2.22. The third kappa shape index (κ3) is 6.24. The Morgan fingerprint density at radius 2 is 2.06 bits per heavy atom. The highest BCUT2D eigenvalue weighted by Crippen LogP contribution is 2.08. The summed E-state index contributed by atoms with van der Waals surface area (Å²) in [5.41, 5.74) is 2.05. The molecule has 0 aliphatic rings. The van der Waals surface area contributed by atoms with E-state index in [0.29, 0.717) is 19.8 Å². The predicted molar refractivity (Wildman–Crippen MR) is 69.2 cm³/mol. The number of rotatable bonds is 9. The maximum atomic E-state index is 5.47. The summed E-state index contributed by atoms with van der Waals surface area (Å²) in [5.74, 6) is 0. The van der Waals surface area contributed by atoms with E-state index in [1.54, 1.807) is 6.20 Å². The Bertz CT molecular complexity index is 305. The summed E-state index contributed by atoms with van der Waals surface area (Å²) in [6.45, 7) is 7.63. The van der Waals surface area contributed by atoms with Gasteiger partial charge < -0.3 is 14.8 Å². The summed E-state index contributed by atoms with van der Waals surface area (Å²) >= 11 is 0. The van der Waals surface area contributed by atoms with Crippen LogP contribution >= 0.6 is 0 Å². The Balaban J connectivity index is 2.27. The fourth-order valence-corrected chi connectivity index (χ4v) is 1.38. The summed E-state index contributed by atoms with van der Waals surface area (Å²) in [4.78, 5) is 4.26. The highest BCUT2D eigenvalue weighted by atomic mass is 16.5. The number of ether oxygens (including phenoxy) is 2. The van der Waals surface area contributed by atoms with Gasteiger partial charge in [-0.25, -0.2) is 0 Å². The normalized spacial score (nSPS) is 10.5. The summed E-state index contributed by atoms with van der Waals surface area (Å²) in [7, 11) is 0. The van der Waals surface area contributed by atoms with Crippen LogP contribution in [0.4, 0.5) is 5.69 Å². The molecule has 1 N–H and O–H groups in total. The van der Waals surface area contributed by atoms with Crippen LogP contribution in [0.3, 0.4) is 0 Å². The van der Waals surface area contributed by atoms with Gasteiger partial charge >= 0.3 is 0 Å². The summed E-state index contributed by atoms with van der Waals surface area (Å²) in [6.07, 6.45) is 2.92. The lowest BCUT2D eigenvalue weighted by Crippen LogP contribution is -2.05. The van der Waals surface area contributed by atoms with E-state index in [2.05, 4.69) is 17.2 Å². The molecule has 0 saturated heterocycles. The van der Waals surface area contributed by atoms with Crippen LogP contribution in [-0.2, 0) is 16.1 Å². The molecule has 0 fully saturated rings. The lowest BCUT2D eigenvalue weighted by molar-refractivity contribution is 0.0441. The molecule has 1 rings (SSSR count). The Kier molecular flexibility index (Phi) is 7.34. The number of pyridine rings is 1. The minimum atomic E-state index is 0.536. The zero-order chi connectivity index (χ0) is 12.3. The molecule has 4 heteroatoms. The number of hydrogen-bond donors (Lipinski definition) is 1. The van der Waals surface area contributed by atoms with Crippen molar-refractivity contribution in [2.75, 3.05) is 31.7 Å². The first-order valence-corrected chi connectivity index (χ1v) is 6.21. The number of aromatic nitrogens is 1. The molecule has 0 saturated carbocycles. The molecule has 0 atom stereocenters. The van der Waals surface area contributed by atoms with Gasteiger partial charge in [0.25, 0.3) is 0 Å². The highest BCUT2D eigenvalue weighted by Gasteiger charge is 1.97. The van der Waals surface area contributed by atoms with Gasteiger partial charge in [0.15, 0.2) is 0 Å². The molecular weight excluding hydrogens is 216 g/mol. The Hall–Kier alpha value is -1.13. The number of nitrogens with one attached hydrogen (secondary N) is 1. The van der Waals surface area contributed by atoms with E-state index in [1.807, 2.05) is 19.1 Å². The van der Waals surface area contributed by atoms with Crippen LogP contribution in [0.5, 0.6) is 0 Å². The smallest absolute Gasteiger partial charge is 0.0889 e. The second-order valence-corrected chi connectivity index (χ2v) is 3.71. The largest absolute Gasteiger partial charge is 0.385 e. The number of nitrogens with zero attached hydrogens (tertiary/aromatic N) is 1. The van der Waals surface area contributed by atoms with Gasteiger partial charge in [-0.15, -0.1) is 0 Å². The number of hydrogen-bond acceptors (Lipinski definition) is 4. The van der Waals surface area contributed by atoms with E-state index in [4.69, 9.17) is 9.47 Å². The molecule has 0 spiro atoms. The van der Waals surface area contributed by atoms with Crippen molar-refractivity contribution in [3.8, 4) is 0 Å². The maximum absolute atomic E-state index is 5.47. The van der Waals surface area contributed by atoms with Crippen LogP contribution in [-0.4, -0.2) is 31.3 Å². The molecule has 96 valence electrons. The van der Waals surface area contributed by atoms with Gasteiger partial charge in [-0.3, -0.25) is 4.98 Å². The quantitative estimate of drug-likeness (QED) is 0.671. The topological polar surface area (TPSA) is 43.4 Å². The van der Waals surface area contributed by atoms with Crippen LogP contribution in [0.1, 0.15) is 26.0 Å². The van der Waals surface area contributed by atoms with E-state index < -0.39 is 0 Å². The van der Waals surface area contributed by atoms with Crippen LogP contribution in [0.25, 0.3) is 0 Å². The van der Waals surface area contributed by atoms with Crippen molar-refractivity contribution in [1.29, 1.82) is 0 Å². The Labute approximate surface area is 103 Å². The van der Waals surface area contributed by atoms with E-state index in [0.717, 1.165) is 31.0 Å². The number of anilines is 1. The highest BCUT2D eigenvalue weighted by molar-refractivity contribution is 5.42. The zero-order valence-electron chi connectivity index (χ0n) is 10.7. The van der Waals surface area contributed by atoms with Gasteiger partial charge in [0.2, 0.25) is 0 Å². The van der Waals surface area contributed by atoms with Crippen LogP contribution in [0.2, 0.25) is 0 Å². The lowest BCUT2D eigenvalue weighted by Gasteiger charge is -2.07. The second kappa shape index (κ2) is 8.96. The van der Waals surface area contributed by atoms with Crippen molar-refractivity contribution in [1.82, 2.24) is 4.98 Å². The van der Waals surface area contributed by atoms with Crippen molar-refractivity contribution in [3.63, 3.8) is 0 Å². The molecule has 17 heavy (non-hydrogen) atoms.